The Labute approximate surface area is 104 Å². The summed E-state index contributed by atoms with van der Waals surface area (Å²) in [7, 11) is 0. The largest absolute Gasteiger partial charge is 0.456 e. The van der Waals surface area contributed by atoms with Crippen molar-refractivity contribution in [3.8, 4) is 0 Å². The summed E-state index contributed by atoms with van der Waals surface area (Å²) in [5, 5.41) is 0. The van der Waals surface area contributed by atoms with Gasteiger partial charge in [-0.15, -0.1) is 0 Å². The van der Waals surface area contributed by atoms with Crippen LogP contribution in [0.25, 0.3) is 0 Å². The number of halogens is 3. The van der Waals surface area contributed by atoms with E-state index >= 15 is 0 Å². The van der Waals surface area contributed by atoms with E-state index in [0.29, 0.717) is 0 Å². The molecule has 0 amide bonds. The van der Waals surface area contributed by atoms with E-state index in [9.17, 15) is 18.0 Å². The van der Waals surface area contributed by atoms with E-state index in [1.54, 1.807) is 6.92 Å². The second kappa shape index (κ2) is 3.75. The molecule has 0 saturated heterocycles. The summed E-state index contributed by atoms with van der Waals surface area (Å²) in [5.41, 5.74) is -1.23. The number of hydrogen-bond donors (Lipinski definition) is 0. The van der Waals surface area contributed by atoms with Crippen LogP contribution in [0.5, 0.6) is 0 Å². The minimum absolute atomic E-state index is 0.0155. The fourth-order valence-corrected chi connectivity index (χ4v) is 3.24. The van der Waals surface area contributed by atoms with Gasteiger partial charge in [0.1, 0.15) is 0 Å². The van der Waals surface area contributed by atoms with Crippen LogP contribution < -0.4 is 0 Å². The lowest BCUT2D eigenvalue weighted by atomic mass is 9.61. The standard InChI is InChI=1S/C13H17F3O2/c1-11(2)8-4-5-9(6-8)12(11,3)10(17)18-7-13(14,15)16/h4-5,8-9H,6-7H2,1-3H3/t8-,9+,12-/m0/s1. The monoisotopic (exact) mass is 262 g/mol. The van der Waals surface area contributed by atoms with Gasteiger partial charge in [0.15, 0.2) is 6.61 Å². The molecule has 0 spiro atoms. The zero-order valence-corrected chi connectivity index (χ0v) is 10.7. The Morgan fingerprint density at radius 1 is 1.28 bits per heavy atom. The zero-order chi connectivity index (χ0) is 13.8. The molecule has 2 aliphatic carbocycles. The van der Waals surface area contributed by atoms with Crippen LogP contribution in [-0.2, 0) is 9.53 Å². The van der Waals surface area contributed by atoms with Crippen molar-refractivity contribution in [2.24, 2.45) is 22.7 Å². The van der Waals surface area contributed by atoms with Gasteiger partial charge in [-0.2, -0.15) is 13.2 Å². The zero-order valence-electron chi connectivity index (χ0n) is 10.7. The van der Waals surface area contributed by atoms with Gasteiger partial charge in [-0.05, 0) is 30.6 Å². The summed E-state index contributed by atoms with van der Waals surface area (Å²) in [6.07, 6.45) is 0.350. The molecule has 18 heavy (non-hydrogen) atoms. The van der Waals surface area contributed by atoms with Crippen molar-refractivity contribution in [1.29, 1.82) is 0 Å². The number of hydrogen-bond acceptors (Lipinski definition) is 2. The first-order valence-corrected chi connectivity index (χ1v) is 6.01. The van der Waals surface area contributed by atoms with Gasteiger partial charge < -0.3 is 4.74 Å². The number of carbonyl (C=O) groups is 1. The highest BCUT2D eigenvalue weighted by molar-refractivity contribution is 5.79. The number of esters is 1. The third-order valence-electron chi connectivity index (χ3n) is 4.88. The van der Waals surface area contributed by atoms with Crippen molar-refractivity contribution >= 4 is 5.97 Å². The minimum atomic E-state index is -4.47. The Morgan fingerprint density at radius 3 is 2.28 bits per heavy atom. The lowest BCUT2D eigenvalue weighted by Crippen LogP contribution is -2.46. The molecule has 5 heteroatoms. The second-order valence-corrected chi connectivity index (χ2v) is 5.95. The molecule has 0 heterocycles. The summed E-state index contributed by atoms with van der Waals surface area (Å²) in [4.78, 5) is 12.1. The van der Waals surface area contributed by atoms with Gasteiger partial charge in [-0.25, -0.2) is 0 Å². The van der Waals surface area contributed by atoms with Gasteiger partial charge in [-0.1, -0.05) is 26.0 Å². The first-order chi connectivity index (χ1) is 8.09. The van der Waals surface area contributed by atoms with Crippen molar-refractivity contribution in [1.82, 2.24) is 0 Å². The Morgan fingerprint density at radius 2 is 1.83 bits per heavy atom. The molecule has 0 aliphatic heterocycles. The number of alkyl halides is 3. The van der Waals surface area contributed by atoms with Crippen molar-refractivity contribution in [3.05, 3.63) is 12.2 Å². The van der Waals surface area contributed by atoms with E-state index in [0.717, 1.165) is 6.42 Å². The Bertz CT molecular complexity index is 398. The van der Waals surface area contributed by atoms with Crippen molar-refractivity contribution in [2.45, 2.75) is 33.4 Å². The molecule has 3 atom stereocenters. The van der Waals surface area contributed by atoms with Crippen molar-refractivity contribution < 1.29 is 22.7 Å². The van der Waals surface area contributed by atoms with E-state index in [-0.39, 0.29) is 17.3 Å². The Hall–Kier alpha value is -1.00. The lowest BCUT2D eigenvalue weighted by molar-refractivity contribution is -0.198. The SMILES string of the molecule is CC1(C)[C@H]2C=C[C@H](C2)[C@@]1(C)C(=O)OCC(F)(F)F. The van der Waals surface area contributed by atoms with Crippen LogP contribution in [0.2, 0.25) is 0 Å². The highest BCUT2D eigenvalue weighted by Crippen LogP contribution is 2.63. The molecule has 2 nitrogen and oxygen atoms in total. The predicted octanol–water partition coefficient (Wildman–Crippen LogP) is 3.33. The molecule has 2 rings (SSSR count). The molecule has 0 aromatic rings. The minimum Gasteiger partial charge on any atom is -0.456 e. The Balaban J connectivity index is 2.17. The van der Waals surface area contributed by atoms with Crippen LogP contribution >= 0.6 is 0 Å². The quantitative estimate of drug-likeness (QED) is 0.563. The van der Waals surface area contributed by atoms with Crippen LogP contribution in [0.4, 0.5) is 13.2 Å². The second-order valence-electron chi connectivity index (χ2n) is 5.95. The van der Waals surface area contributed by atoms with Gasteiger partial charge >= 0.3 is 12.1 Å². The van der Waals surface area contributed by atoms with Crippen LogP contribution in [0.15, 0.2) is 12.2 Å². The average molecular weight is 262 g/mol. The number of ether oxygens (including phenoxy) is 1. The summed E-state index contributed by atoms with van der Waals surface area (Å²) >= 11 is 0. The molecule has 0 N–H and O–H groups in total. The fraction of sp³-hybridized carbons (Fsp3) is 0.769. The maximum Gasteiger partial charge on any atom is 0.422 e. The summed E-state index contributed by atoms with van der Waals surface area (Å²) in [6.45, 7) is 4.07. The molecule has 2 bridgehead atoms. The highest BCUT2D eigenvalue weighted by atomic mass is 19.4. The van der Waals surface area contributed by atoms with E-state index in [1.165, 1.54) is 0 Å². The van der Waals surface area contributed by atoms with Crippen LogP contribution in [-0.4, -0.2) is 18.8 Å². The molecule has 102 valence electrons. The number of rotatable bonds is 2. The molecule has 1 saturated carbocycles. The van der Waals surface area contributed by atoms with Gasteiger partial charge in [0, 0.05) is 0 Å². The number of fused-ring (bicyclic) bond motifs is 2. The van der Waals surface area contributed by atoms with Gasteiger partial charge in [0.05, 0.1) is 5.41 Å². The molecular weight excluding hydrogens is 245 g/mol. The molecule has 0 aromatic carbocycles. The first-order valence-electron chi connectivity index (χ1n) is 6.01. The van der Waals surface area contributed by atoms with Crippen LogP contribution in [0, 0.1) is 22.7 Å². The molecule has 0 aromatic heterocycles. The normalized spacial score (nSPS) is 37.0. The lowest BCUT2D eigenvalue weighted by Gasteiger charge is -2.43. The van der Waals surface area contributed by atoms with Gasteiger partial charge in [-0.3, -0.25) is 4.79 Å². The summed E-state index contributed by atoms with van der Waals surface area (Å²) in [5.74, 6) is -0.508. The summed E-state index contributed by atoms with van der Waals surface area (Å²) in [6, 6.07) is 0. The van der Waals surface area contributed by atoms with Crippen molar-refractivity contribution in [3.63, 3.8) is 0 Å². The molecule has 0 unspecified atom stereocenters. The van der Waals surface area contributed by atoms with E-state index in [4.69, 9.17) is 0 Å². The Kier molecular flexibility index (Phi) is 2.80. The predicted molar refractivity (Wildman–Crippen MR) is 59.6 cm³/mol. The van der Waals surface area contributed by atoms with Crippen LogP contribution in [0.1, 0.15) is 27.2 Å². The van der Waals surface area contributed by atoms with Gasteiger partial charge in [0.25, 0.3) is 0 Å². The number of carbonyl (C=O) groups excluding carboxylic acids is 1. The molecule has 2 aliphatic rings. The molecular formula is C13H17F3O2. The highest BCUT2D eigenvalue weighted by Gasteiger charge is 2.63. The molecule has 0 radical (unpaired) electrons. The maximum absolute atomic E-state index is 12.1. The molecule has 1 fully saturated rings. The summed E-state index contributed by atoms with van der Waals surface area (Å²) < 4.78 is 40.8. The topological polar surface area (TPSA) is 26.3 Å². The third kappa shape index (κ3) is 1.75. The van der Waals surface area contributed by atoms with E-state index in [2.05, 4.69) is 10.8 Å². The third-order valence-corrected chi connectivity index (χ3v) is 4.88. The van der Waals surface area contributed by atoms with E-state index < -0.39 is 24.2 Å². The van der Waals surface area contributed by atoms with Crippen molar-refractivity contribution in [2.75, 3.05) is 6.61 Å². The number of allylic oxidation sites excluding steroid dienone is 2. The average Bonchev–Trinajstić information content (AvgIpc) is 2.77. The smallest absolute Gasteiger partial charge is 0.422 e. The maximum atomic E-state index is 12.1. The fourth-order valence-electron chi connectivity index (χ4n) is 3.24. The van der Waals surface area contributed by atoms with Crippen LogP contribution in [0.3, 0.4) is 0 Å². The van der Waals surface area contributed by atoms with E-state index in [1.807, 2.05) is 19.9 Å². The first kappa shape index (κ1) is 13.4. The van der Waals surface area contributed by atoms with Gasteiger partial charge in [0.2, 0.25) is 0 Å².